The highest BCUT2D eigenvalue weighted by Gasteiger charge is 2.43. The molecule has 0 saturated heterocycles. The fourth-order valence-corrected chi connectivity index (χ4v) is 2.69. The molecule has 1 amide bonds. The number of hydrogen-bond donors (Lipinski definition) is 7. The van der Waals surface area contributed by atoms with Gasteiger partial charge in [0.1, 0.15) is 18.3 Å². The van der Waals surface area contributed by atoms with Crippen LogP contribution >= 0.6 is 23.8 Å². The number of halogens is 1. The molecule has 0 aromatic rings. The van der Waals surface area contributed by atoms with Gasteiger partial charge in [0, 0.05) is 19.3 Å². The first-order chi connectivity index (χ1) is 12.2. The van der Waals surface area contributed by atoms with Crippen LogP contribution in [0, 0.1) is 0 Å². The lowest BCUT2D eigenvalue weighted by atomic mass is 9.92. The van der Waals surface area contributed by atoms with Gasteiger partial charge in [0.25, 0.3) is 0 Å². The Morgan fingerprint density at radius 2 is 2.04 bits per heavy atom. The molecule has 0 aliphatic carbocycles. The fourth-order valence-electron chi connectivity index (χ4n) is 2.36. The second-order valence-corrected chi connectivity index (χ2v) is 6.29. The normalized spacial score (nSPS) is 24.5. The lowest BCUT2D eigenvalue weighted by molar-refractivity contribution is -0.146. The monoisotopic (exact) mass is 411 g/mol. The first-order valence-corrected chi connectivity index (χ1v) is 8.61. The van der Waals surface area contributed by atoms with Gasteiger partial charge < -0.3 is 41.1 Å². The number of rotatable bonds is 8. The molecule has 12 heteroatoms. The van der Waals surface area contributed by atoms with Crippen molar-refractivity contribution < 1.29 is 34.8 Å². The molecule has 7 N–H and O–H groups in total. The number of ether oxygens (including phenoxy) is 1. The highest BCUT2D eigenvalue weighted by molar-refractivity contribution is 7.80. The van der Waals surface area contributed by atoms with E-state index >= 15 is 0 Å². The van der Waals surface area contributed by atoms with Crippen molar-refractivity contribution in [1.29, 1.82) is 0 Å². The van der Waals surface area contributed by atoms with Crippen LogP contribution in [0.15, 0.2) is 11.8 Å². The second kappa shape index (κ2) is 10.5. The third kappa shape index (κ3) is 6.25. The number of carboxylic acids is 1. The Labute approximate surface area is 160 Å². The largest absolute Gasteiger partial charge is 0.478 e. The zero-order valence-electron chi connectivity index (χ0n) is 13.9. The Bertz CT molecular complexity index is 563. The van der Waals surface area contributed by atoms with Gasteiger partial charge in [-0.15, -0.1) is 11.6 Å². The van der Waals surface area contributed by atoms with Crippen molar-refractivity contribution in [2.24, 2.45) is 0 Å². The van der Waals surface area contributed by atoms with Crippen LogP contribution in [0.5, 0.6) is 0 Å². The Kier molecular flexibility index (Phi) is 9.02. The zero-order valence-corrected chi connectivity index (χ0v) is 15.5. The summed E-state index contributed by atoms with van der Waals surface area (Å²) in [5.41, 5.74) is 0. The predicted octanol–water partition coefficient (Wildman–Crippen LogP) is -2.36. The zero-order chi connectivity index (χ0) is 19.9. The van der Waals surface area contributed by atoms with Crippen LogP contribution in [0.25, 0.3) is 0 Å². The summed E-state index contributed by atoms with van der Waals surface area (Å²) in [5, 5.41) is 46.5. The van der Waals surface area contributed by atoms with E-state index in [-0.39, 0.29) is 11.0 Å². The van der Waals surface area contributed by atoms with E-state index in [9.17, 15) is 24.9 Å². The van der Waals surface area contributed by atoms with Crippen molar-refractivity contribution >= 4 is 40.8 Å². The van der Waals surface area contributed by atoms with Gasteiger partial charge in [0.2, 0.25) is 11.7 Å². The summed E-state index contributed by atoms with van der Waals surface area (Å²) in [5.74, 6) is -2.11. The number of carbonyl (C=O) groups is 2. The van der Waals surface area contributed by atoms with Gasteiger partial charge in [-0.1, -0.05) is 0 Å². The highest BCUT2D eigenvalue weighted by atomic mass is 35.5. The number of amides is 1. The van der Waals surface area contributed by atoms with Crippen LogP contribution in [0.4, 0.5) is 0 Å². The number of aliphatic hydroxyl groups excluding tert-OH is 3. The minimum Gasteiger partial charge on any atom is -0.478 e. The summed E-state index contributed by atoms with van der Waals surface area (Å²) in [7, 11) is 0. The minimum atomic E-state index is -1.67. The van der Waals surface area contributed by atoms with Gasteiger partial charge >= 0.3 is 5.97 Å². The van der Waals surface area contributed by atoms with Crippen LogP contribution in [0.3, 0.4) is 0 Å². The molecule has 1 rings (SSSR count). The van der Waals surface area contributed by atoms with Gasteiger partial charge in [-0.3, -0.25) is 4.79 Å². The van der Waals surface area contributed by atoms with Crippen molar-refractivity contribution in [2.45, 2.75) is 37.3 Å². The number of aliphatic carboxylic acids is 1. The highest BCUT2D eigenvalue weighted by Crippen LogP contribution is 2.23. The lowest BCUT2D eigenvalue weighted by Gasteiger charge is -2.40. The molecule has 0 bridgehead atoms. The number of aliphatic hydroxyl groups is 3. The number of thiocarbonyl (C=S) groups is 1. The molecule has 0 radical (unpaired) electrons. The van der Waals surface area contributed by atoms with Gasteiger partial charge in [-0.2, -0.15) is 0 Å². The molecule has 0 spiro atoms. The minimum absolute atomic E-state index is 0.143. The smallest absolute Gasteiger partial charge is 0.370 e. The molecule has 0 aromatic heterocycles. The number of alkyl halides is 1. The van der Waals surface area contributed by atoms with Crippen molar-refractivity contribution in [1.82, 2.24) is 16.0 Å². The first kappa shape index (κ1) is 22.4. The molecular weight excluding hydrogens is 390 g/mol. The molecule has 0 fully saturated rings. The number of carboxylic acid groups (broad SMARTS) is 1. The molecule has 148 valence electrons. The van der Waals surface area contributed by atoms with Crippen LogP contribution in [0.2, 0.25) is 0 Å². The van der Waals surface area contributed by atoms with Gasteiger partial charge in [0.05, 0.1) is 18.7 Å². The SMILES string of the molecule is CC(=O)N[C@H]1[C@H]([C@H](O)[C@H](O)CO)OC(C(=O)O)=C[C@@H]1NC(=S)NCCCl. The molecule has 1 heterocycles. The Balaban J connectivity index is 3.16. The Hall–Kier alpha value is -1.66. The van der Waals surface area contributed by atoms with Gasteiger partial charge in [-0.25, -0.2) is 4.79 Å². The van der Waals surface area contributed by atoms with Crippen LogP contribution in [-0.2, 0) is 14.3 Å². The van der Waals surface area contributed by atoms with E-state index in [1.54, 1.807) is 0 Å². The van der Waals surface area contributed by atoms with Crippen LogP contribution in [-0.4, -0.2) is 86.8 Å². The quantitative estimate of drug-likeness (QED) is 0.170. The van der Waals surface area contributed by atoms with Crippen LogP contribution < -0.4 is 16.0 Å². The molecular formula is C14H22ClN3O7S. The maximum absolute atomic E-state index is 11.5. The molecule has 10 nitrogen and oxygen atoms in total. The topological polar surface area (TPSA) is 160 Å². The summed E-state index contributed by atoms with van der Waals surface area (Å²) in [6.07, 6.45) is -3.45. The summed E-state index contributed by atoms with van der Waals surface area (Å²) in [6.45, 7) is 0.795. The molecule has 5 atom stereocenters. The van der Waals surface area contributed by atoms with E-state index in [0.29, 0.717) is 6.54 Å². The molecule has 0 aromatic carbocycles. The maximum Gasteiger partial charge on any atom is 0.370 e. The van der Waals surface area contributed by atoms with E-state index in [0.717, 1.165) is 0 Å². The summed E-state index contributed by atoms with van der Waals surface area (Å²) >= 11 is 10.7. The van der Waals surface area contributed by atoms with Crippen molar-refractivity contribution in [2.75, 3.05) is 19.0 Å². The maximum atomic E-state index is 11.5. The number of hydrogen-bond acceptors (Lipinski definition) is 7. The van der Waals surface area contributed by atoms with Crippen molar-refractivity contribution in [3.63, 3.8) is 0 Å². The van der Waals surface area contributed by atoms with Gasteiger partial charge in [-0.05, 0) is 18.3 Å². The van der Waals surface area contributed by atoms with E-state index in [2.05, 4.69) is 16.0 Å². The van der Waals surface area contributed by atoms with Gasteiger partial charge in [0.15, 0.2) is 5.11 Å². The average Bonchev–Trinajstić information content (AvgIpc) is 2.59. The standard InChI is InChI=1S/C14H22ClN3O7S/c1-6(20)17-10-7(18-14(26)16-3-2-15)4-9(13(23)24)25-12(10)11(22)8(21)5-19/h4,7-8,10-12,19,21-22H,2-3,5H2,1H3,(H,17,20)(H,23,24)(H2,16,18,26)/t7-,8+,10+,11+,12+/m0/s1. The van der Waals surface area contributed by atoms with Crippen molar-refractivity contribution in [3.8, 4) is 0 Å². The van der Waals surface area contributed by atoms with E-state index in [1.807, 2.05) is 0 Å². The predicted molar refractivity (Wildman–Crippen MR) is 95.5 cm³/mol. The first-order valence-electron chi connectivity index (χ1n) is 7.67. The molecule has 0 unspecified atom stereocenters. The second-order valence-electron chi connectivity index (χ2n) is 5.50. The van der Waals surface area contributed by atoms with Crippen molar-refractivity contribution in [3.05, 3.63) is 11.8 Å². The van der Waals surface area contributed by atoms with Crippen LogP contribution in [0.1, 0.15) is 6.92 Å². The molecule has 1 aliphatic heterocycles. The molecule has 1 aliphatic rings. The third-order valence-electron chi connectivity index (χ3n) is 3.51. The lowest BCUT2D eigenvalue weighted by Crippen LogP contribution is -2.64. The summed E-state index contributed by atoms with van der Waals surface area (Å²) in [4.78, 5) is 22.9. The Morgan fingerprint density at radius 3 is 2.54 bits per heavy atom. The molecule has 0 saturated carbocycles. The van der Waals surface area contributed by atoms with E-state index < -0.39 is 54.6 Å². The summed E-state index contributed by atoms with van der Waals surface area (Å²) in [6, 6.07) is -1.86. The number of nitrogens with one attached hydrogen (secondary N) is 3. The summed E-state index contributed by atoms with van der Waals surface area (Å²) < 4.78 is 5.24. The number of carbonyl (C=O) groups excluding carboxylic acids is 1. The van der Waals surface area contributed by atoms with E-state index in [4.69, 9.17) is 33.7 Å². The molecule has 26 heavy (non-hydrogen) atoms. The third-order valence-corrected chi connectivity index (χ3v) is 3.96. The fraction of sp³-hybridized carbons (Fsp3) is 0.643. The Morgan fingerprint density at radius 1 is 1.38 bits per heavy atom. The average molecular weight is 412 g/mol. The van der Waals surface area contributed by atoms with E-state index in [1.165, 1.54) is 13.0 Å².